The number of carbonyl (C=O) groups excluding carboxylic acids is 2. The minimum absolute atomic E-state index is 0.0241. The second-order valence-corrected chi connectivity index (χ2v) is 4.65. The van der Waals surface area contributed by atoms with Gasteiger partial charge in [-0.25, -0.2) is 4.98 Å². The topological polar surface area (TPSA) is 53.5 Å². The Bertz CT molecular complexity index is 533. The average Bonchev–Trinajstić information content (AvgIpc) is 2.69. The van der Waals surface area contributed by atoms with Crippen LogP contribution in [0.2, 0.25) is 5.02 Å². The maximum Gasteiger partial charge on any atom is 0.406 e. The van der Waals surface area contributed by atoms with Crippen molar-refractivity contribution in [2.45, 2.75) is 6.18 Å². The van der Waals surface area contributed by atoms with Crippen molar-refractivity contribution in [3.05, 3.63) is 29.0 Å². The van der Waals surface area contributed by atoms with E-state index in [0.717, 1.165) is 4.90 Å². The van der Waals surface area contributed by atoms with Crippen molar-refractivity contribution in [2.24, 2.45) is 0 Å². The van der Waals surface area contributed by atoms with E-state index in [-0.39, 0.29) is 12.2 Å². The highest BCUT2D eigenvalue weighted by Gasteiger charge is 2.39. The molecule has 1 aliphatic rings. The van der Waals surface area contributed by atoms with E-state index in [9.17, 15) is 22.8 Å². The summed E-state index contributed by atoms with van der Waals surface area (Å²) in [7, 11) is 0. The molecule has 5 nitrogen and oxygen atoms in total. The number of halogens is 4. The molecule has 0 spiro atoms. The van der Waals surface area contributed by atoms with E-state index in [1.165, 1.54) is 18.3 Å². The zero-order chi connectivity index (χ0) is 14.9. The van der Waals surface area contributed by atoms with Gasteiger partial charge in [-0.2, -0.15) is 13.2 Å². The van der Waals surface area contributed by atoms with Gasteiger partial charge in [0.15, 0.2) is 0 Å². The predicted molar refractivity (Wildman–Crippen MR) is 62.9 cm³/mol. The van der Waals surface area contributed by atoms with Crippen molar-refractivity contribution < 1.29 is 22.8 Å². The second kappa shape index (κ2) is 5.28. The van der Waals surface area contributed by atoms with Gasteiger partial charge >= 0.3 is 6.18 Å². The first kappa shape index (κ1) is 14.6. The monoisotopic (exact) mass is 307 g/mol. The molecule has 0 N–H and O–H groups in total. The highest BCUT2D eigenvalue weighted by molar-refractivity contribution is 6.30. The Labute approximate surface area is 116 Å². The van der Waals surface area contributed by atoms with E-state index in [2.05, 4.69) is 4.98 Å². The number of hydrogen-bond acceptors (Lipinski definition) is 3. The highest BCUT2D eigenvalue weighted by atomic mass is 35.5. The van der Waals surface area contributed by atoms with Crippen LogP contribution in [0.15, 0.2) is 18.3 Å². The van der Waals surface area contributed by atoms with Crippen molar-refractivity contribution >= 4 is 23.4 Å². The minimum atomic E-state index is -4.49. The molecule has 0 unspecified atom stereocenters. The van der Waals surface area contributed by atoms with Gasteiger partial charge in [0.1, 0.15) is 18.8 Å². The summed E-state index contributed by atoms with van der Waals surface area (Å²) in [5, 5.41) is 0.331. The van der Waals surface area contributed by atoms with Crippen LogP contribution >= 0.6 is 11.6 Å². The molecule has 2 rings (SSSR count). The van der Waals surface area contributed by atoms with Gasteiger partial charge in [-0.15, -0.1) is 0 Å². The largest absolute Gasteiger partial charge is 0.406 e. The first-order valence-electron chi connectivity index (χ1n) is 5.51. The molecule has 0 bridgehead atoms. The number of pyridine rings is 1. The molecule has 1 aromatic heterocycles. The maximum atomic E-state index is 12.3. The van der Waals surface area contributed by atoms with Crippen LogP contribution in [0, 0.1) is 0 Å². The van der Waals surface area contributed by atoms with Crippen molar-refractivity contribution in [1.29, 1.82) is 0 Å². The Morgan fingerprint density at radius 1 is 1.40 bits per heavy atom. The summed E-state index contributed by atoms with van der Waals surface area (Å²) < 4.78 is 36.8. The summed E-state index contributed by atoms with van der Waals surface area (Å²) in [5.74, 6) is -1.36. The summed E-state index contributed by atoms with van der Waals surface area (Å²) in [5.41, 5.74) is 0.0241. The number of hydrogen-bond donors (Lipinski definition) is 0. The fourth-order valence-corrected chi connectivity index (χ4v) is 1.86. The molecule has 2 amide bonds. The van der Waals surface area contributed by atoms with E-state index in [0.29, 0.717) is 9.92 Å². The average molecular weight is 308 g/mol. The Morgan fingerprint density at radius 2 is 2.10 bits per heavy atom. The van der Waals surface area contributed by atoms with Crippen LogP contribution in [0.1, 0.15) is 10.5 Å². The summed E-state index contributed by atoms with van der Waals surface area (Å²) in [4.78, 5) is 28.8. The molecule has 1 aromatic rings. The number of amides is 2. The van der Waals surface area contributed by atoms with Gasteiger partial charge in [0.05, 0.1) is 11.7 Å². The van der Waals surface area contributed by atoms with Gasteiger partial charge in [-0.05, 0) is 12.1 Å². The zero-order valence-corrected chi connectivity index (χ0v) is 10.8. The molecular formula is C11H9ClF3N3O2. The fourth-order valence-electron chi connectivity index (χ4n) is 1.75. The van der Waals surface area contributed by atoms with Crippen LogP contribution in [-0.2, 0) is 4.79 Å². The number of rotatable bonds is 2. The lowest BCUT2D eigenvalue weighted by molar-refractivity contribution is -0.157. The van der Waals surface area contributed by atoms with Gasteiger partial charge in [0.25, 0.3) is 5.91 Å². The SMILES string of the molecule is O=C1CN(C(=O)c2ccc(Cl)cn2)CN1CC(F)(F)F. The number of aromatic nitrogens is 1. The third-order valence-corrected chi connectivity index (χ3v) is 2.85. The van der Waals surface area contributed by atoms with Gasteiger partial charge in [0.2, 0.25) is 5.91 Å². The predicted octanol–water partition coefficient (Wildman–Crippen LogP) is 1.54. The number of alkyl halides is 3. The number of carbonyl (C=O) groups is 2. The van der Waals surface area contributed by atoms with Gasteiger partial charge < -0.3 is 9.80 Å². The summed E-state index contributed by atoms with van der Waals surface area (Å²) >= 11 is 5.62. The summed E-state index contributed by atoms with van der Waals surface area (Å²) in [6.45, 7) is -2.16. The lowest BCUT2D eigenvalue weighted by Crippen LogP contribution is -2.37. The molecule has 0 atom stereocenters. The lowest BCUT2D eigenvalue weighted by atomic mass is 10.3. The van der Waals surface area contributed by atoms with E-state index in [4.69, 9.17) is 11.6 Å². The van der Waals surface area contributed by atoms with Gasteiger partial charge in [0, 0.05) is 6.20 Å². The van der Waals surface area contributed by atoms with E-state index < -0.39 is 31.2 Å². The Balaban J connectivity index is 2.06. The van der Waals surface area contributed by atoms with Crippen LogP contribution in [0.25, 0.3) is 0 Å². The third kappa shape index (κ3) is 3.38. The first-order valence-corrected chi connectivity index (χ1v) is 5.89. The Kier molecular flexibility index (Phi) is 3.85. The quantitative estimate of drug-likeness (QED) is 0.833. The van der Waals surface area contributed by atoms with Crippen LogP contribution in [0.4, 0.5) is 13.2 Å². The van der Waals surface area contributed by atoms with Crippen LogP contribution in [0.3, 0.4) is 0 Å². The van der Waals surface area contributed by atoms with Gasteiger partial charge in [-0.3, -0.25) is 9.59 Å². The van der Waals surface area contributed by atoms with Crippen molar-refractivity contribution in [3.8, 4) is 0 Å². The third-order valence-electron chi connectivity index (χ3n) is 2.62. The molecule has 9 heteroatoms. The zero-order valence-electron chi connectivity index (χ0n) is 10.0. The summed E-state index contributed by atoms with van der Waals surface area (Å²) in [6, 6.07) is 2.79. The standard InChI is InChI=1S/C11H9ClF3N3O2/c12-7-1-2-8(16-3-7)10(20)17-4-9(19)18(6-17)5-11(13,14)15/h1-3H,4-6H2. The van der Waals surface area contributed by atoms with E-state index >= 15 is 0 Å². The molecule has 2 heterocycles. The van der Waals surface area contributed by atoms with Crippen molar-refractivity contribution in [1.82, 2.24) is 14.8 Å². The van der Waals surface area contributed by atoms with Crippen LogP contribution in [0.5, 0.6) is 0 Å². The lowest BCUT2D eigenvalue weighted by Gasteiger charge is -2.19. The minimum Gasteiger partial charge on any atom is -0.314 e. The van der Waals surface area contributed by atoms with Crippen LogP contribution < -0.4 is 0 Å². The molecule has 1 saturated heterocycles. The van der Waals surface area contributed by atoms with E-state index in [1.54, 1.807) is 0 Å². The maximum absolute atomic E-state index is 12.3. The van der Waals surface area contributed by atoms with Gasteiger partial charge in [-0.1, -0.05) is 11.6 Å². The normalized spacial score (nSPS) is 15.9. The molecule has 20 heavy (non-hydrogen) atoms. The highest BCUT2D eigenvalue weighted by Crippen LogP contribution is 2.20. The molecule has 1 fully saturated rings. The molecule has 0 saturated carbocycles. The van der Waals surface area contributed by atoms with Crippen LogP contribution in [-0.4, -0.2) is 52.5 Å². The summed E-state index contributed by atoms with van der Waals surface area (Å²) in [6.07, 6.45) is -3.24. The number of nitrogens with zero attached hydrogens (tertiary/aromatic N) is 3. The molecule has 0 radical (unpaired) electrons. The first-order chi connectivity index (χ1) is 9.26. The molecule has 0 aliphatic carbocycles. The van der Waals surface area contributed by atoms with Crippen molar-refractivity contribution in [2.75, 3.05) is 19.8 Å². The van der Waals surface area contributed by atoms with E-state index in [1.807, 2.05) is 0 Å². The molecule has 1 aliphatic heterocycles. The Morgan fingerprint density at radius 3 is 2.65 bits per heavy atom. The second-order valence-electron chi connectivity index (χ2n) is 4.21. The molecule has 108 valence electrons. The van der Waals surface area contributed by atoms with Crippen molar-refractivity contribution in [3.63, 3.8) is 0 Å². The smallest absolute Gasteiger partial charge is 0.314 e. The fraction of sp³-hybridized carbons (Fsp3) is 0.364. The Hall–Kier alpha value is -1.83. The molecule has 0 aromatic carbocycles. The molecular weight excluding hydrogens is 299 g/mol.